The summed E-state index contributed by atoms with van der Waals surface area (Å²) in [5.74, 6) is -0.390. The van der Waals surface area contributed by atoms with Crippen LogP contribution in [-0.4, -0.2) is 31.4 Å². The molecule has 4 nitrogen and oxygen atoms in total. The van der Waals surface area contributed by atoms with Crippen LogP contribution in [-0.2, 0) is 18.8 Å². The highest BCUT2D eigenvalue weighted by Gasteiger charge is 2.52. The Morgan fingerprint density at radius 2 is 1.71 bits per heavy atom. The first-order valence-electron chi connectivity index (χ1n) is 6.97. The second-order valence-corrected chi connectivity index (χ2v) is 6.07. The first-order valence-corrected chi connectivity index (χ1v) is 6.97. The molecule has 0 amide bonds. The summed E-state index contributed by atoms with van der Waals surface area (Å²) in [5.41, 5.74) is 0.992. The molecule has 0 aliphatic carbocycles. The van der Waals surface area contributed by atoms with Gasteiger partial charge in [0.1, 0.15) is 0 Å². The molecule has 1 aliphatic heterocycles. The zero-order valence-corrected chi connectivity index (χ0v) is 13.2. The van der Waals surface area contributed by atoms with E-state index >= 15 is 0 Å². The Balaban J connectivity index is 2.30. The lowest BCUT2D eigenvalue weighted by atomic mass is 9.76. The van der Waals surface area contributed by atoms with Crippen molar-refractivity contribution in [2.24, 2.45) is 0 Å². The van der Waals surface area contributed by atoms with Gasteiger partial charge in [0.15, 0.2) is 0 Å². The Morgan fingerprint density at radius 3 is 2.29 bits per heavy atom. The highest BCUT2D eigenvalue weighted by molar-refractivity contribution is 6.63. The zero-order valence-electron chi connectivity index (χ0n) is 13.2. The van der Waals surface area contributed by atoms with Gasteiger partial charge < -0.3 is 14.0 Å². The number of methoxy groups -OCH3 is 1. The first-order chi connectivity index (χ1) is 9.77. The molecule has 0 radical (unpaired) electrons. The van der Waals surface area contributed by atoms with Crippen LogP contribution in [0, 0.1) is 0 Å². The number of rotatable bonds is 3. The predicted octanol–water partition coefficient (Wildman–Crippen LogP) is 2.17. The van der Waals surface area contributed by atoms with Gasteiger partial charge >= 0.3 is 13.1 Å². The summed E-state index contributed by atoms with van der Waals surface area (Å²) in [6, 6.07) is 7.69. The van der Waals surface area contributed by atoms with Gasteiger partial charge in [-0.1, -0.05) is 24.3 Å². The van der Waals surface area contributed by atoms with Crippen LogP contribution in [0.4, 0.5) is 0 Å². The molecular formula is C16H21BO4. The fourth-order valence-corrected chi connectivity index (χ4v) is 2.07. The zero-order chi connectivity index (χ0) is 15.7. The summed E-state index contributed by atoms with van der Waals surface area (Å²) < 4.78 is 16.7. The highest BCUT2D eigenvalue weighted by Crippen LogP contribution is 2.36. The molecule has 1 heterocycles. The third-order valence-electron chi connectivity index (χ3n) is 4.10. The van der Waals surface area contributed by atoms with Gasteiger partial charge in [-0.2, -0.15) is 0 Å². The lowest BCUT2D eigenvalue weighted by Gasteiger charge is -2.32. The summed E-state index contributed by atoms with van der Waals surface area (Å²) in [6.45, 7) is 8.06. The van der Waals surface area contributed by atoms with Gasteiger partial charge in [-0.15, -0.1) is 0 Å². The van der Waals surface area contributed by atoms with E-state index in [9.17, 15) is 4.79 Å². The molecule has 0 unspecified atom stereocenters. The second kappa shape index (κ2) is 5.66. The molecule has 0 spiro atoms. The Bertz CT molecular complexity index is 547. The minimum absolute atomic E-state index is 0.390. The quantitative estimate of drug-likeness (QED) is 0.486. The largest absolute Gasteiger partial charge is 0.495 e. The van der Waals surface area contributed by atoms with Gasteiger partial charge in [-0.05, 0) is 44.8 Å². The van der Waals surface area contributed by atoms with Crippen molar-refractivity contribution in [3.05, 3.63) is 35.9 Å². The van der Waals surface area contributed by atoms with E-state index in [1.54, 1.807) is 6.08 Å². The van der Waals surface area contributed by atoms with Gasteiger partial charge in [0.05, 0.1) is 18.3 Å². The van der Waals surface area contributed by atoms with Crippen molar-refractivity contribution >= 4 is 24.6 Å². The smallest absolute Gasteiger partial charge is 0.466 e. The molecule has 5 heteroatoms. The van der Waals surface area contributed by atoms with Crippen molar-refractivity contribution in [2.75, 3.05) is 7.11 Å². The van der Waals surface area contributed by atoms with E-state index < -0.39 is 24.3 Å². The van der Waals surface area contributed by atoms with Crippen molar-refractivity contribution in [2.45, 2.75) is 38.9 Å². The number of hydrogen-bond donors (Lipinski definition) is 0. The fraction of sp³-hybridized carbons (Fsp3) is 0.438. The van der Waals surface area contributed by atoms with Crippen molar-refractivity contribution in [3.8, 4) is 0 Å². The van der Waals surface area contributed by atoms with Crippen LogP contribution >= 0.6 is 0 Å². The molecule has 1 aromatic carbocycles. The van der Waals surface area contributed by atoms with Crippen molar-refractivity contribution in [3.63, 3.8) is 0 Å². The molecule has 0 aromatic heterocycles. The van der Waals surface area contributed by atoms with E-state index in [1.807, 2.05) is 52.0 Å². The number of carbonyl (C=O) groups excluding carboxylic acids is 1. The fourth-order valence-electron chi connectivity index (χ4n) is 2.07. The summed E-state index contributed by atoms with van der Waals surface area (Å²) in [4.78, 5) is 11.3. The monoisotopic (exact) mass is 288 g/mol. The Kier molecular flexibility index (Phi) is 4.26. The normalized spacial score (nSPS) is 20.0. The standard InChI is InChI=1S/C16H21BO4/c1-15(2)16(3,4)21-17(20-15)13-9-7-6-8-12(13)10-11-14(18)19-5/h6-11H,1-5H3. The van der Waals surface area contributed by atoms with E-state index in [2.05, 4.69) is 4.74 Å². The number of esters is 1. The van der Waals surface area contributed by atoms with E-state index in [0.717, 1.165) is 11.0 Å². The van der Waals surface area contributed by atoms with Crippen LogP contribution in [0.2, 0.25) is 0 Å². The summed E-state index contributed by atoms with van der Waals surface area (Å²) in [6.07, 6.45) is 3.11. The molecule has 1 saturated heterocycles. The number of carbonyl (C=O) groups is 1. The average Bonchev–Trinajstić information content (AvgIpc) is 2.65. The van der Waals surface area contributed by atoms with Crippen LogP contribution in [0.3, 0.4) is 0 Å². The van der Waals surface area contributed by atoms with E-state index in [0.29, 0.717) is 0 Å². The van der Waals surface area contributed by atoms with Gasteiger partial charge in [0.25, 0.3) is 0 Å². The third kappa shape index (κ3) is 3.19. The molecule has 0 atom stereocenters. The second-order valence-electron chi connectivity index (χ2n) is 6.07. The van der Waals surface area contributed by atoms with Crippen LogP contribution in [0.15, 0.2) is 30.3 Å². The van der Waals surface area contributed by atoms with Crippen molar-refractivity contribution in [1.82, 2.24) is 0 Å². The van der Waals surface area contributed by atoms with Gasteiger partial charge in [0.2, 0.25) is 0 Å². The first kappa shape index (κ1) is 15.8. The van der Waals surface area contributed by atoms with Crippen LogP contribution in [0.1, 0.15) is 33.3 Å². The molecule has 2 rings (SSSR count). The topological polar surface area (TPSA) is 44.8 Å². The SMILES string of the molecule is COC(=O)C=Cc1ccccc1B1OC(C)(C)C(C)(C)O1. The molecule has 0 N–H and O–H groups in total. The number of ether oxygens (including phenoxy) is 1. The average molecular weight is 288 g/mol. The minimum atomic E-state index is -0.450. The highest BCUT2D eigenvalue weighted by atomic mass is 16.7. The lowest BCUT2D eigenvalue weighted by Crippen LogP contribution is -2.41. The predicted molar refractivity (Wildman–Crippen MR) is 83.2 cm³/mol. The van der Waals surface area contributed by atoms with Crippen LogP contribution in [0.25, 0.3) is 6.08 Å². The lowest BCUT2D eigenvalue weighted by molar-refractivity contribution is -0.134. The maximum absolute atomic E-state index is 11.3. The Hall–Kier alpha value is -1.59. The number of hydrogen-bond acceptors (Lipinski definition) is 4. The summed E-state index contributed by atoms with van der Waals surface area (Å²) in [5, 5.41) is 0. The van der Waals surface area contributed by atoms with E-state index in [1.165, 1.54) is 13.2 Å². The number of benzene rings is 1. The van der Waals surface area contributed by atoms with Gasteiger partial charge in [0, 0.05) is 6.08 Å². The molecule has 0 bridgehead atoms. The third-order valence-corrected chi connectivity index (χ3v) is 4.10. The molecular weight excluding hydrogens is 267 g/mol. The van der Waals surface area contributed by atoms with Crippen LogP contribution in [0.5, 0.6) is 0 Å². The Morgan fingerprint density at radius 1 is 1.14 bits per heavy atom. The van der Waals surface area contributed by atoms with Gasteiger partial charge in [-0.3, -0.25) is 0 Å². The molecule has 1 aliphatic rings. The maximum atomic E-state index is 11.3. The minimum Gasteiger partial charge on any atom is -0.466 e. The van der Waals surface area contributed by atoms with Crippen LogP contribution < -0.4 is 5.46 Å². The molecule has 21 heavy (non-hydrogen) atoms. The van der Waals surface area contributed by atoms with E-state index in [-0.39, 0.29) is 0 Å². The maximum Gasteiger partial charge on any atom is 0.495 e. The molecule has 1 fully saturated rings. The Labute approximate surface area is 126 Å². The van der Waals surface area contributed by atoms with Gasteiger partial charge in [-0.25, -0.2) is 4.79 Å². The summed E-state index contributed by atoms with van der Waals surface area (Å²) >= 11 is 0. The summed E-state index contributed by atoms with van der Waals surface area (Å²) in [7, 11) is 0.904. The van der Waals surface area contributed by atoms with E-state index in [4.69, 9.17) is 9.31 Å². The van der Waals surface area contributed by atoms with Crippen molar-refractivity contribution in [1.29, 1.82) is 0 Å². The molecule has 112 valence electrons. The van der Waals surface area contributed by atoms with Crippen molar-refractivity contribution < 1.29 is 18.8 Å². The molecule has 0 saturated carbocycles. The molecule has 1 aromatic rings.